The van der Waals surface area contributed by atoms with Gasteiger partial charge in [0.15, 0.2) is 5.69 Å². The fraction of sp³-hybridized carbons (Fsp3) is 0.235. The maximum atomic E-state index is 12.1. The van der Waals surface area contributed by atoms with E-state index in [9.17, 15) is 14.9 Å². The minimum atomic E-state index is -0.660. The Balaban J connectivity index is 2.58. The van der Waals surface area contributed by atoms with E-state index < -0.39 is 5.97 Å². The van der Waals surface area contributed by atoms with Crippen molar-refractivity contribution in [2.24, 2.45) is 0 Å². The molecule has 0 aliphatic carbocycles. The number of nitrogens with zero attached hydrogens (tertiary/aromatic N) is 2. The van der Waals surface area contributed by atoms with E-state index in [4.69, 9.17) is 15.2 Å². The Morgan fingerprint density at radius 3 is 2.68 bits per heavy atom. The Hall–Kier alpha value is -3.31. The Bertz CT molecular complexity index is 864. The van der Waals surface area contributed by atoms with Crippen molar-refractivity contribution in [2.75, 3.05) is 31.9 Å². The first-order chi connectivity index (χ1) is 11.9. The molecule has 0 aliphatic heterocycles. The number of methoxy groups -OCH3 is 2. The largest absolute Gasteiger partial charge is 0.464 e. The van der Waals surface area contributed by atoms with Gasteiger partial charge >= 0.3 is 5.97 Å². The van der Waals surface area contributed by atoms with Crippen molar-refractivity contribution in [1.82, 2.24) is 4.57 Å². The van der Waals surface area contributed by atoms with Crippen molar-refractivity contribution in [2.45, 2.75) is 6.92 Å². The highest BCUT2D eigenvalue weighted by Crippen LogP contribution is 2.29. The van der Waals surface area contributed by atoms with Gasteiger partial charge in [0.05, 0.1) is 24.0 Å². The fourth-order valence-electron chi connectivity index (χ4n) is 2.44. The highest BCUT2D eigenvalue weighted by atomic mass is 16.5. The second-order valence-corrected chi connectivity index (χ2v) is 5.21. The number of rotatable bonds is 5. The Morgan fingerprint density at radius 1 is 1.36 bits per heavy atom. The zero-order chi connectivity index (χ0) is 18.6. The number of nitrogens with two attached hydrogens (primary N) is 1. The third-order valence-corrected chi connectivity index (χ3v) is 3.66. The van der Waals surface area contributed by atoms with Crippen LogP contribution in [0.25, 0.3) is 5.69 Å². The summed E-state index contributed by atoms with van der Waals surface area (Å²) in [6, 6.07) is 7.13. The SMILES string of the molecule is COCC(=O)Nc1cccc(-n2cc(C#N)c(N)c2C(=O)OC)c1C. The Morgan fingerprint density at radius 2 is 2.08 bits per heavy atom. The minimum absolute atomic E-state index is 0.0440. The van der Waals surface area contributed by atoms with Gasteiger partial charge in [0.2, 0.25) is 5.91 Å². The number of benzene rings is 1. The number of esters is 1. The van der Waals surface area contributed by atoms with Crippen LogP contribution in [0, 0.1) is 18.3 Å². The summed E-state index contributed by atoms with van der Waals surface area (Å²) in [7, 11) is 2.66. The van der Waals surface area contributed by atoms with Gasteiger partial charge in [-0.05, 0) is 24.6 Å². The van der Waals surface area contributed by atoms with Crippen LogP contribution in [-0.2, 0) is 14.3 Å². The number of nitrogens with one attached hydrogen (secondary N) is 1. The molecule has 0 bridgehead atoms. The van der Waals surface area contributed by atoms with Gasteiger partial charge in [0.1, 0.15) is 12.7 Å². The van der Waals surface area contributed by atoms with E-state index >= 15 is 0 Å². The normalized spacial score (nSPS) is 10.2. The molecule has 0 aliphatic rings. The molecule has 0 spiro atoms. The van der Waals surface area contributed by atoms with Crippen molar-refractivity contribution in [3.05, 3.63) is 41.2 Å². The molecule has 1 amide bonds. The summed E-state index contributed by atoms with van der Waals surface area (Å²) < 4.78 is 11.1. The fourth-order valence-corrected chi connectivity index (χ4v) is 2.44. The van der Waals surface area contributed by atoms with Crippen LogP contribution in [0.4, 0.5) is 11.4 Å². The minimum Gasteiger partial charge on any atom is -0.464 e. The summed E-state index contributed by atoms with van der Waals surface area (Å²) in [6.45, 7) is 1.70. The number of anilines is 2. The first kappa shape index (κ1) is 18.0. The molecule has 1 aromatic carbocycles. The van der Waals surface area contributed by atoms with Gasteiger partial charge < -0.3 is 25.1 Å². The van der Waals surface area contributed by atoms with Crippen molar-refractivity contribution in [3.8, 4) is 11.8 Å². The number of carbonyl (C=O) groups excluding carboxylic acids is 2. The van der Waals surface area contributed by atoms with Gasteiger partial charge in [0.25, 0.3) is 0 Å². The first-order valence-corrected chi connectivity index (χ1v) is 7.32. The van der Waals surface area contributed by atoms with Crippen molar-refractivity contribution < 1.29 is 19.1 Å². The van der Waals surface area contributed by atoms with Gasteiger partial charge in [-0.15, -0.1) is 0 Å². The third-order valence-electron chi connectivity index (χ3n) is 3.66. The maximum absolute atomic E-state index is 12.1. The van der Waals surface area contributed by atoms with E-state index in [0.29, 0.717) is 16.9 Å². The molecule has 0 fully saturated rings. The molecule has 2 rings (SSSR count). The molecular weight excluding hydrogens is 324 g/mol. The Labute approximate surface area is 144 Å². The summed E-state index contributed by atoms with van der Waals surface area (Å²) >= 11 is 0. The zero-order valence-electron chi connectivity index (χ0n) is 14.1. The van der Waals surface area contributed by atoms with Crippen LogP contribution in [0.3, 0.4) is 0 Å². The third kappa shape index (κ3) is 3.46. The summed E-state index contributed by atoms with van der Waals surface area (Å²) in [5.41, 5.74) is 8.00. The molecule has 0 atom stereocenters. The van der Waals surface area contributed by atoms with Gasteiger partial charge in [0, 0.05) is 19.0 Å². The molecule has 8 heteroatoms. The van der Waals surface area contributed by atoms with Crippen LogP contribution in [0.15, 0.2) is 24.4 Å². The number of aromatic nitrogens is 1. The molecule has 0 radical (unpaired) electrons. The molecule has 2 aromatic rings. The van der Waals surface area contributed by atoms with Crippen LogP contribution in [-0.4, -0.2) is 37.3 Å². The van der Waals surface area contributed by atoms with Gasteiger partial charge in [-0.25, -0.2) is 4.79 Å². The van der Waals surface area contributed by atoms with Crippen molar-refractivity contribution in [1.29, 1.82) is 5.26 Å². The summed E-state index contributed by atoms with van der Waals surface area (Å²) in [4.78, 5) is 23.9. The van der Waals surface area contributed by atoms with Gasteiger partial charge in [-0.1, -0.05) is 6.07 Å². The molecule has 1 aromatic heterocycles. The number of carbonyl (C=O) groups is 2. The summed E-state index contributed by atoms with van der Waals surface area (Å²) in [5, 5.41) is 11.9. The molecule has 1 heterocycles. The van der Waals surface area contributed by atoms with Gasteiger partial charge in [-0.3, -0.25) is 4.79 Å². The second kappa shape index (κ2) is 7.51. The number of ether oxygens (including phenoxy) is 2. The average molecular weight is 342 g/mol. The lowest BCUT2D eigenvalue weighted by molar-refractivity contribution is -0.119. The van der Waals surface area contributed by atoms with Gasteiger partial charge in [-0.2, -0.15) is 5.26 Å². The van der Waals surface area contributed by atoms with E-state index in [2.05, 4.69) is 5.32 Å². The van der Waals surface area contributed by atoms with Crippen LogP contribution < -0.4 is 11.1 Å². The number of hydrogen-bond acceptors (Lipinski definition) is 6. The standard InChI is InChI=1S/C17H18N4O4/c1-10-12(20-14(22)9-24-2)5-4-6-13(10)21-8-11(7-18)15(19)16(21)17(23)25-3/h4-6,8H,9,19H2,1-3H3,(H,20,22). The zero-order valence-corrected chi connectivity index (χ0v) is 14.1. The second-order valence-electron chi connectivity index (χ2n) is 5.21. The van der Waals surface area contributed by atoms with E-state index in [1.54, 1.807) is 25.1 Å². The lowest BCUT2D eigenvalue weighted by atomic mass is 10.1. The smallest absolute Gasteiger partial charge is 0.357 e. The molecule has 130 valence electrons. The summed E-state index contributed by atoms with van der Waals surface area (Å²) in [6.07, 6.45) is 1.46. The quantitative estimate of drug-likeness (QED) is 0.797. The van der Waals surface area contributed by atoms with E-state index in [0.717, 1.165) is 0 Å². The van der Waals surface area contributed by atoms with Crippen LogP contribution in [0.2, 0.25) is 0 Å². The van der Waals surface area contributed by atoms with Crippen molar-refractivity contribution >= 4 is 23.3 Å². The molecule has 0 saturated heterocycles. The Kier molecular flexibility index (Phi) is 5.41. The van der Waals surface area contributed by atoms with Crippen LogP contribution in [0.1, 0.15) is 21.6 Å². The van der Waals surface area contributed by atoms with E-state index in [-0.39, 0.29) is 29.5 Å². The molecular formula is C17H18N4O4. The maximum Gasteiger partial charge on any atom is 0.357 e. The molecule has 0 unspecified atom stereocenters. The molecule has 8 nitrogen and oxygen atoms in total. The highest BCUT2D eigenvalue weighted by Gasteiger charge is 2.23. The highest BCUT2D eigenvalue weighted by molar-refractivity contribution is 5.96. The average Bonchev–Trinajstić information content (AvgIpc) is 2.92. The van der Waals surface area contributed by atoms with E-state index in [1.807, 2.05) is 6.07 Å². The lowest BCUT2D eigenvalue weighted by Crippen LogP contribution is -2.18. The molecule has 3 N–H and O–H groups in total. The predicted octanol–water partition coefficient (Wildman–Crippen LogP) is 1.61. The van der Waals surface area contributed by atoms with Crippen molar-refractivity contribution in [3.63, 3.8) is 0 Å². The predicted molar refractivity (Wildman–Crippen MR) is 91.5 cm³/mol. The number of hydrogen-bond donors (Lipinski definition) is 2. The molecule has 0 saturated carbocycles. The first-order valence-electron chi connectivity index (χ1n) is 7.32. The summed E-state index contributed by atoms with van der Waals surface area (Å²) in [5.74, 6) is -0.965. The lowest BCUT2D eigenvalue weighted by Gasteiger charge is -2.15. The monoisotopic (exact) mass is 342 g/mol. The molecule has 25 heavy (non-hydrogen) atoms. The van der Waals surface area contributed by atoms with Crippen LogP contribution >= 0.6 is 0 Å². The topological polar surface area (TPSA) is 119 Å². The number of nitrogen functional groups attached to an aromatic ring is 1. The van der Waals surface area contributed by atoms with E-state index in [1.165, 1.54) is 25.0 Å². The number of amides is 1. The van der Waals surface area contributed by atoms with Crippen LogP contribution in [0.5, 0.6) is 0 Å². The number of nitriles is 1.